The van der Waals surface area contributed by atoms with Crippen LogP contribution in [-0.2, 0) is 18.3 Å². The van der Waals surface area contributed by atoms with E-state index < -0.39 is 6.10 Å². The van der Waals surface area contributed by atoms with Gasteiger partial charge in [0.25, 0.3) is 0 Å². The number of hydrogen-bond donors (Lipinski definition) is 1. The zero-order valence-electron chi connectivity index (χ0n) is 20.7. The SMILES string of the molecule is CC(C)N(Cc1c(-c2ccccc2)nn(C)c1Oc1ccccc1)C[C@@H](O)COC(C)(C)C. The van der Waals surface area contributed by atoms with Gasteiger partial charge in [-0.2, -0.15) is 5.10 Å². The molecule has 0 bridgehead atoms. The van der Waals surface area contributed by atoms with Crippen LogP contribution in [0.5, 0.6) is 11.6 Å². The van der Waals surface area contributed by atoms with Gasteiger partial charge in [-0.05, 0) is 46.8 Å². The van der Waals surface area contributed by atoms with Crippen LogP contribution < -0.4 is 4.74 Å². The normalized spacial score (nSPS) is 13.0. The first-order valence-electron chi connectivity index (χ1n) is 11.5. The number of ether oxygens (including phenoxy) is 2. The fourth-order valence-electron chi connectivity index (χ4n) is 3.58. The average molecular weight is 452 g/mol. The van der Waals surface area contributed by atoms with Crippen LogP contribution in [0.15, 0.2) is 60.7 Å². The second-order valence-electron chi connectivity index (χ2n) is 9.64. The zero-order chi connectivity index (χ0) is 24.0. The third kappa shape index (κ3) is 7.16. The van der Waals surface area contributed by atoms with Crippen molar-refractivity contribution in [2.24, 2.45) is 7.05 Å². The van der Waals surface area contributed by atoms with Gasteiger partial charge in [0.05, 0.1) is 23.9 Å². The zero-order valence-corrected chi connectivity index (χ0v) is 20.7. The van der Waals surface area contributed by atoms with Crippen molar-refractivity contribution in [3.8, 4) is 22.9 Å². The minimum atomic E-state index is -0.595. The van der Waals surface area contributed by atoms with Gasteiger partial charge >= 0.3 is 0 Å². The van der Waals surface area contributed by atoms with E-state index in [9.17, 15) is 5.11 Å². The molecule has 1 N–H and O–H groups in total. The van der Waals surface area contributed by atoms with Gasteiger partial charge in [-0.3, -0.25) is 4.90 Å². The Morgan fingerprint density at radius 1 is 1.00 bits per heavy atom. The van der Waals surface area contributed by atoms with Crippen LogP contribution >= 0.6 is 0 Å². The van der Waals surface area contributed by atoms with Gasteiger partial charge in [-0.1, -0.05) is 48.5 Å². The van der Waals surface area contributed by atoms with E-state index in [0.29, 0.717) is 25.6 Å². The van der Waals surface area contributed by atoms with Crippen LogP contribution in [-0.4, -0.2) is 50.7 Å². The molecule has 6 nitrogen and oxygen atoms in total. The van der Waals surface area contributed by atoms with Gasteiger partial charge in [0, 0.05) is 31.7 Å². The predicted molar refractivity (Wildman–Crippen MR) is 132 cm³/mol. The molecule has 1 aromatic heterocycles. The van der Waals surface area contributed by atoms with Crippen molar-refractivity contribution in [3.63, 3.8) is 0 Å². The summed E-state index contributed by atoms with van der Waals surface area (Å²) < 4.78 is 13.9. The molecule has 1 atom stereocenters. The van der Waals surface area contributed by atoms with Gasteiger partial charge in [0.2, 0.25) is 5.88 Å². The summed E-state index contributed by atoms with van der Waals surface area (Å²) in [4.78, 5) is 2.23. The molecule has 3 aromatic rings. The second kappa shape index (κ2) is 11.0. The van der Waals surface area contributed by atoms with Crippen LogP contribution in [0.1, 0.15) is 40.2 Å². The van der Waals surface area contributed by atoms with Gasteiger partial charge in [-0.25, -0.2) is 4.68 Å². The molecule has 0 aliphatic rings. The Labute approximate surface area is 197 Å². The highest BCUT2D eigenvalue weighted by Gasteiger charge is 2.25. The van der Waals surface area contributed by atoms with E-state index in [-0.39, 0.29) is 11.6 Å². The maximum Gasteiger partial charge on any atom is 0.222 e. The molecular formula is C27H37N3O3. The van der Waals surface area contributed by atoms with E-state index in [1.54, 1.807) is 4.68 Å². The number of aryl methyl sites for hydroxylation is 1. The van der Waals surface area contributed by atoms with E-state index in [0.717, 1.165) is 22.6 Å². The number of nitrogens with zero attached hydrogens (tertiary/aromatic N) is 3. The monoisotopic (exact) mass is 451 g/mol. The van der Waals surface area contributed by atoms with Crippen LogP contribution in [0.4, 0.5) is 0 Å². The van der Waals surface area contributed by atoms with Crippen molar-refractivity contribution in [3.05, 3.63) is 66.2 Å². The number of aromatic nitrogens is 2. The molecule has 2 aromatic carbocycles. The van der Waals surface area contributed by atoms with Crippen molar-refractivity contribution >= 4 is 0 Å². The molecule has 6 heteroatoms. The first-order chi connectivity index (χ1) is 15.6. The van der Waals surface area contributed by atoms with Crippen molar-refractivity contribution in [2.75, 3.05) is 13.2 Å². The van der Waals surface area contributed by atoms with E-state index in [1.165, 1.54) is 0 Å². The Bertz CT molecular complexity index is 995. The maximum absolute atomic E-state index is 10.7. The summed E-state index contributed by atoms with van der Waals surface area (Å²) in [5.41, 5.74) is 2.62. The van der Waals surface area contributed by atoms with Crippen molar-refractivity contribution in [1.82, 2.24) is 14.7 Å². The second-order valence-corrected chi connectivity index (χ2v) is 9.64. The van der Waals surface area contributed by atoms with Crippen molar-refractivity contribution in [1.29, 1.82) is 0 Å². The Morgan fingerprint density at radius 2 is 1.61 bits per heavy atom. The molecule has 3 rings (SSSR count). The number of para-hydroxylation sites is 1. The van der Waals surface area contributed by atoms with Crippen LogP contribution in [0.3, 0.4) is 0 Å². The third-order valence-electron chi connectivity index (χ3n) is 5.34. The molecule has 0 aliphatic carbocycles. The fraction of sp³-hybridized carbons (Fsp3) is 0.444. The van der Waals surface area contributed by atoms with Gasteiger partial charge in [-0.15, -0.1) is 0 Å². The summed E-state index contributed by atoms with van der Waals surface area (Å²) in [6.07, 6.45) is -0.595. The molecule has 0 unspecified atom stereocenters. The number of aliphatic hydroxyl groups is 1. The lowest BCUT2D eigenvalue weighted by molar-refractivity contribution is -0.0587. The van der Waals surface area contributed by atoms with Crippen LogP contribution in [0.25, 0.3) is 11.3 Å². The summed E-state index contributed by atoms with van der Waals surface area (Å²) in [6.45, 7) is 11.6. The van der Waals surface area contributed by atoms with Gasteiger partial charge < -0.3 is 14.6 Å². The summed E-state index contributed by atoms with van der Waals surface area (Å²) in [6, 6.07) is 20.1. The van der Waals surface area contributed by atoms with E-state index in [4.69, 9.17) is 14.6 Å². The summed E-state index contributed by atoms with van der Waals surface area (Å²) in [5.74, 6) is 1.46. The Morgan fingerprint density at radius 3 is 2.18 bits per heavy atom. The molecule has 0 fully saturated rings. The number of aliphatic hydroxyl groups excluding tert-OH is 1. The maximum atomic E-state index is 10.7. The molecule has 178 valence electrons. The summed E-state index contributed by atoms with van der Waals surface area (Å²) in [7, 11) is 1.90. The quantitative estimate of drug-likeness (QED) is 0.455. The highest BCUT2D eigenvalue weighted by molar-refractivity contribution is 5.65. The summed E-state index contributed by atoms with van der Waals surface area (Å²) in [5, 5.41) is 15.5. The Balaban J connectivity index is 1.92. The average Bonchev–Trinajstić information content (AvgIpc) is 3.08. The van der Waals surface area contributed by atoms with E-state index in [2.05, 4.69) is 30.9 Å². The number of hydrogen-bond acceptors (Lipinski definition) is 5. The molecule has 33 heavy (non-hydrogen) atoms. The molecular weight excluding hydrogens is 414 g/mol. The molecule has 0 amide bonds. The first-order valence-corrected chi connectivity index (χ1v) is 11.5. The molecule has 0 saturated heterocycles. The first kappa shape index (κ1) is 25.0. The van der Waals surface area contributed by atoms with E-state index in [1.807, 2.05) is 76.3 Å². The molecule has 1 heterocycles. The Hall–Kier alpha value is -2.67. The lowest BCUT2D eigenvalue weighted by Crippen LogP contribution is -2.40. The fourth-order valence-corrected chi connectivity index (χ4v) is 3.58. The van der Waals surface area contributed by atoms with E-state index >= 15 is 0 Å². The highest BCUT2D eigenvalue weighted by atomic mass is 16.5. The largest absolute Gasteiger partial charge is 0.439 e. The van der Waals surface area contributed by atoms with Crippen LogP contribution in [0, 0.1) is 0 Å². The third-order valence-corrected chi connectivity index (χ3v) is 5.34. The predicted octanol–water partition coefficient (Wildman–Crippen LogP) is 5.27. The number of benzene rings is 2. The Kier molecular flexibility index (Phi) is 8.30. The number of rotatable bonds is 10. The van der Waals surface area contributed by atoms with Gasteiger partial charge in [0.15, 0.2) is 0 Å². The molecule has 0 spiro atoms. The van der Waals surface area contributed by atoms with Crippen molar-refractivity contribution < 1.29 is 14.6 Å². The minimum absolute atomic E-state index is 0.211. The minimum Gasteiger partial charge on any atom is -0.439 e. The summed E-state index contributed by atoms with van der Waals surface area (Å²) >= 11 is 0. The highest BCUT2D eigenvalue weighted by Crippen LogP contribution is 2.34. The van der Waals surface area contributed by atoms with Crippen molar-refractivity contribution in [2.45, 2.75) is 58.9 Å². The van der Waals surface area contributed by atoms with Crippen LogP contribution in [0.2, 0.25) is 0 Å². The topological polar surface area (TPSA) is 59.8 Å². The smallest absolute Gasteiger partial charge is 0.222 e. The molecule has 0 aliphatic heterocycles. The lowest BCUT2D eigenvalue weighted by Gasteiger charge is -2.30. The van der Waals surface area contributed by atoms with Gasteiger partial charge in [0.1, 0.15) is 11.4 Å². The molecule has 0 radical (unpaired) electrons. The standard InChI is InChI=1S/C27H37N3O3/c1-20(2)30(17-22(31)19-32-27(3,4)5)18-24-25(21-13-9-7-10-14-21)28-29(6)26(24)33-23-15-11-8-12-16-23/h7-16,20,22,31H,17-19H2,1-6H3/t22-/m1/s1. The lowest BCUT2D eigenvalue weighted by atomic mass is 10.1. The molecule has 0 saturated carbocycles.